The van der Waals surface area contributed by atoms with E-state index >= 15 is 0 Å². The molecule has 1 spiro atoms. The smallest absolute Gasteiger partial charge is 0.322 e. The fourth-order valence-electron chi connectivity index (χ4n) is 3.62. The maximum absolute atomic E-state index is 12.7. The molecule has 120 valence electrons. The third kappa shape index (κ3) is 2.43. The molecule has 1 aliphatic carbocycles. The second-order valence-electron chi connectivity index (χ2n) is 6.50. The maximum atomic E-state index is 12.7. The lowest BCUT2D eigenvalue weighted by molar-refractivity contribution is -0.132. The van der Waals surface area contributed by atoms with Crippen LogP contribution < -0.4 is 10.6 Å². The molecular weight excluding hydrogens is 362 g/mol. The van der Waals surface area contributed by atoms with Gasteiger partial charge in [0.15, 0.2) is 0 Å². The molecule has 1 aromatic carbocycles. The van der Waals surface area contributed by atoms with Crippen LogP contribution in [-0.4, -0.2) is 41.4 Å². The molecule has 0 aromatic heterocycles. The van der Waals surface area contributed by atoms with Gasteiger partial charge in [0.1, 0.15) is 5.54 Å². The Kier molecular flexibility index (Phi) is 3.23. The first-order chi connectivity index (χ1) is 11.0. The highest BCUT2D eigenvalue weighted by molar-refractivity contribution is 9.10. The zero-order chi connectivity index (χ0) is 16.2. The van der Waals surface area contributed by atoms with E-state index in [4.69, 9.17) is 0 Å². The van der Waals surface area contributed by atoms with E-state index in [2.05, 4.69) is 26.6 Å². The molecule has 4 rings (SSSR count). The summed E-state index contributed by atoms with van der Waals surface area (Å²) in [5.41, 5.74) is 0.242. The van der Waals surface area contributed by atoms with E-state index in [0.717, 1.165) is 10.9 Å². The molecule has 0 radical (unpaired) electrons. The van der Waals surface area contributed by atoms with Gasteiger partial charge in [-0.2, -0.15) is 0 Å². The lowest BCUT2D eigenvalue weighted by Crippen LogP contribution is -2.49. The van der Waals surface area contributed by atoms with Crippen LogP contribution in [0.2, 0.25) is 0 Å². The Bertz CT molecular complexity index is 722. The lowest BCUT2D eigenvalue weighted by Gasteiger charge is -2.21. The van der Waals surface area contributed by atoms with Crippen LogP contribution in [-0.2, 0) is 9.59 Å². The van der Waals surface area contributed by atoms with E-state index in [1.54, 1.807) is 4.90 Å². The van der Waals surface area contributed by atoms with Gasteiger partial charge in [0.25, 0.3) is 5.91 Å². The van der Waals surface area contributed by atoms with E-state index in [9.17, 15) is 14.4 Å². The Labute approximate surface area is 141 Å². The first-order valence-corrected chi connectivity index (χ1v) is 8.46. The van der Waals surface area contributed by atoms with Crippen molar-refractivity contribution in [2.75, 3.05) is 13.1 Å². The van der Waals surface area contributed by atoms with Crippen LogP contribution in [0.25, 0.3) is 0 Å². The van der Waals surface area contributed by atoms with Crippen molar-refractivity contribution < 1.29 is 14.4 Å². The van der Waals surface area contributed by atoms with Crippen molar-refractivity contribution in [2.24, 2.45) is 5.92 Å². The van der Waals surface area contributed by atoms with Gasteiger partial charge < -0.3 is 10.2 Å². The van der Waals surface area contributed by atoms with E-state index in [1.807, 2.05) is 24.3 Å². The number of likely N-dealkylation sites (tertiary alicyclic amines) is 1. The summed E-state index contributed by atoms with van der Waals surface area (Å²) in [4.78, 5) is 37.7. The van der Waals surface area contributed by atoms with Crippen molar-refractivity contribution in [3.63, 3.8) is 0 Å². The molecule has 3 aliphatic rings. The summed E-state index contributed by atoms with van der Waals surface area (Å²) in [6, 6.07) is 7.56. The second-order valence-corrected chi connectivity index (χ2v) is 7.42. The largest absolute Gasteiger partial charge is 0.339 e. The number of nitrogens with zero attached hydrogens (tertiary/aromatic N) is 1. The van der Waals surface area contributed by atoms with Crippen LogP contribution in [0.3, 0.4) is 0 Å². The third-order valence-electron chi connectivity index (χ3n) is 4.98. The summed E-state index contributed by atoms with van der Waals surface area (Å²) >= 11 is 3.45. The highest BCUT2D eigenvalue weighted by Gasteiger charge is 2.54. The number of benzene rings is 1. The number of carbonyl (C=O) groups excluding carboxylic acids is 3. The predicted molar refractivity (Wildman–Crippen MR) is 85.6 cm³/mol. The molecule has 0 bridgehead atoms. The fourth-order valence-corrected chi connectivity index (χ4v) is 4.04. The first kappa shape index (κ1) is 14.7. The second kappa shape index (κ2) is 5.06. The number of carbonyl (C=O) groups is 3. The summed E-state index contributed by atoms with van der Waals surface area (Å²) in [7, 11) is 0. The molecule has 2 N–H and O–H groups in total. The third-order valence-corrected chi connectivity index (χ3v) is 5.47. The molecule has 6 nitrogen and oxygen atoms in total. The number of hydrogen-bond donors (Lipinski definition) is 2. The van der Waals surface area contributed by atoms with Crippen LogP contribution in [0.5, 0.6) is 0 Å². The Balaban J connectivity index is 1.44. The van der Waals surface area contributed by atoms with E-state index in [0.29, 0.717) is 13.0 Å². The highest BCUT2D eigenvalue weighted by Crippen LogP contribution is 2.49. The Hall–Kier alpha value is -1.89. The van der Waals surface area contributed by atoms with Gasteiger partial charge in [0, 0.05) is 16.9 Å². The molecule has 3 fully saturated rings. The molecule has 1 aromatic rings. The number of urea groups is 1. The quantitative estimate of drug-likeness (QED) is 0.763. The molecule has 2 heterocycles. The average molecular weight is 378 g/mol. The molecule has 2 aliphatic heterocycles. The maximum Gasteiger partial charge on any atom is 0.322 e. The Morgan fingerprint density at radius 2 is 2.17 bits per heavy atom. The van der Waals surface area contributed by atoms with Gasteiger partial charge in [-0.05, 0) is 36.5 Å². The van der Waals surface area contributed by atoms with Gasteiger partial charge in [0.2, 0.25) is 5.91 Å². The minimum Gasteiger partial charge on any atom is -0.339 e. The van der Waals surface area contributed by atoms with Gasteiger partial charge in [0.05, 0.1) is 6.54 Å². The highest BCUT2D eigenvalue weighted by atomic mass is 79.9. The zero-order valence-corrected chi connectivity index (χ0v) is 13.9. The summed E-state index contributed by atoms with van der Waals surface area (Å²) in [5, 5.41) is 4.94. The molecule has 1 saturated carbocycles. The van der Waals surface area contributed by atoms with Crippen molar-refractivity contribution >= 4 is 33.8 Å². The van der Waals surface area contributed by atoms with Crippen molar-refractivity contribution in [1.82, 2.24) is 15.5 Å². The molecule has 7 heteroatoms. The summed E-state index contributed by atoms with van der Waals surface area (Å²) in [5.74, 6) is 0.00102. The molecule has 23 heavy (non-hydrogen) atoms. The summed E-state index contributed by atoms with van der Waals surface area (Å²) < 4.78 is 1.01. The standard InChI is InChI=1S/C16H16BrN3O3/c17-10-3-1-2-9(6-10)11-7-12(11)13(21)20-5-4-16(8-20)14(22)18-15(23)19-16/h1-3,6,11-12H,4-5,7-8H2,(H2,18,19,22,23)/t11-,12+,16-/m1/s1. The van der Waals surface area contributed by atoms with Gasteiger partial charge >= 0.3 is 6.03 Å². The van der Waals surface area contributed by atoms with E-state index < -0.39 is 11.6 Å². The molecule has 0 unspecified atom stereocenters. The van der Waals surface area contributed by atoms with Crippen LogP contribution in [0, 0.1) is 5.92 Å². The fraction of sp³-hybridized carbons (Fsp3) is 0.438. The number of amides is 4. The van der Waals surface area contributed by atoms with Gasteiger partial charge in [-0.1, -0.05) is 28.1 Å². The summed E-state index contributed by atoms with van der Waals surface area (Å²) in [6.07, 6.45) is 1.32. The SMILES string of the molecule is O=C1NC(=O)[C@]2(CCN(C(=O)[C@H]3C[C@@H]3c3cccc(Br)c3)C2)N1. The van der Waals surface area contributed by atoms with Crippen molar-refractivity contribution in [3.05, 3.63) is 34.3 Å². The van der Waals surface area contributed by atoms with Gasteiger partial charge in [-0.15, -0.1) is 0 Å². The van der Waals surface area contributed by atoms with Crippen LogP contribution >= 0.6 is 15.9 Å². The summed E-state index contributed by atoms with van der Waals surface area (Å²) in [6.45, 7) is 0.777. The molecule has 4 amide bonds. The number of halogens is 1. The van der Waals surface area contributed by atoms with Gasteiger partial charge in [-0.3, -0.25) is 14.9 Å². The molecule has 3 atom stereocenters. The first-order valence-electron chi connectivity index (χ1n) is 7.66. The lowest BCUT2D eigenvalue weighted by atomic mass is 9.99. The van der Waals surface area contributed by atoms with E-state index in [1.165, 1.54) is 5.56 Å². The van der Waals surface area contributed by atoms with E-state index in [-0.39, 0.29) is 30.2 Å². The minimum atomic E-state index is -0.924. The number of hydrogen-bond acceptors (Lipinski definition) is 3. The molecular formula is C16H16BrN3O3. The van der Waals surface area contributed by atoms with Crippen LogP contribution in [0.1, 0.15) is 24.3 Å². The Morgan fingerprint density at radius 1 is 1.35 bits per heavy atom. The van der Waals surface area contributed by atoms with Crippen molar-refractivity contribution in [1.29, 1.82) is 0 Å². The zero-order valence-electron chi connectivity index (χ0n) is 12.3. The van der Waals surface area contributed by atoms with Crippen LogP contribution in [0.4, 0.5) is 4.79 Å². The average Bonchev–Trinajstić information content (AvgIpc) is 3.12. The predicted octanol–water partition coefficient (Wildman–Crippen LogP) is 1.36. The number of rotatable bonds is 2. The topological polar surface area (TPSA) is 78.5 Å². The van der Waals surface area contributed by atoms with Gasteiger partial charge in [-0.25, -0.2) is 4.79 Å². The Morgan fingerprint density at radius 3 is 2.87 bits per heavy atom. The van der Waals surface area contributed by atoms with Crippen molar-refractivity contribution in [2.45, 2.75) is 24.3 Å². The normalized spacial score (nSPS) is 32.1. The number of nitrogens with one attached hydrogen (secondary N) is 2. The number of imide groups is 1. The van der Waals surface area contributed by atoms with Crippen molar-refractivity contribution in [3.8, 4) is 0 Å². The van der Waals surface area contributed by atoms with Crippen LogP contribution in [0.15, 0.2) is 28.7 Å². The molecule has 2 saturated heterocycles. The monoisotopic (exact) mass is 377 g/mol. The minimum absolute atomic E-state index is 0.0142.